The van der Waals surface area contributed by atoms with Gasteiger partial charge in [0.1, 0.15) is 5.75 Å². The number of amides is 1. The Bertz CT molecular complexity index is 654. The monoisotopic (exact) mass is 438 g/mol. The van der Waals surface area contributed by atoms with Crippen LogP contribution in [0.25, 0.3) is 0 Å². The Morgan fingerprint density at radius 2 is 1.67 bits per heavy atom. The molecule has 0 radical (unpaired) electrons. The molecule has 0 spiro atoms. The zero-order valence-electron chi connectivity index (χ0n) is 14.3. The van der Waals surface area contributed by atoms with E-state index in [0.717, 1.165) is 20.6 Å². The smallest absolute Gasteiger partial charge is 0.260 e. The number of hydrogen-bond donors (Lipinski definition) is 0. The Labute approximate surface area is 157 Å². The molecular weight excluding hydrogens is 415 g/mol. The number of halogens is 1. The molecule has 0 aromatic heterocycles. The van der Waals surface area contributed by atoms with Crippen molar-refractivity contribution in [3.63, 3.8) is 0 Å². The summed E-state index contributed by atoms with van der Waals surface area (Å²) in [6.07, 6.45) is 0. The minimum Gasteiger partial charge on any atom is -0.484 e. The standard InChI is InChI=1S/C19H23IN2O2/c1-4-22(13-15-5-9-17(10-6-15)21(2)3)19(23)14-24-18-11-7-16(20)8-12-18/h5-12H,4,13-14H2,1-3H3. The van der Waals surface area contributed by atoms with E-state index in [4.69, 9.17) is 4.74 Å². The van der Waals surface area contributed by atoms with Gasteiger partial charge in [0.2, 0.25) is 0 Å². The number of likely N-dealkylation sites (N-methyl/N-ethyl adjacent to an activating group) is 1. The molecule has 0 N–H and O–H groups in total. The Hall–Kier alpha value is -1.76. The van der Waals surface area contributed by atoms with E-state index < -0.39 is 0 Å². The van der Waals surface area contributed by atoms with E-state index in [1.54, 1.807) is 4.90 Å². The van der Waals surface area contributed by atoms with E-state index in [1.807, 2.05) is 45.3 Å². The van der Waals surface area contributed by atoms with Gasteiger partial charge in [0.15, 0.2) is 6.61 Å². The van der Waals surface area contributed by atoms with Crippen molar-refractivity contribution in [3.05, 3.63) is 57.7 Å². The summed E-state index contributed by atoms with van der Waals surface area (Å²) in [6, 6.07) is 15.9. The summed E-state index contributed by atoms with van der Waals surface area (Å²) in [5.41, 5.74) is 2.26. The number of benzene rings is 2. The fourth-order valence-corrected chi connectivity index (χ4v) is 2.62. The first kappa shape index (κ1) is 18.6. The summed E-state index contributed by atoms with van der Waals surface area (Å²) in [6.45, 7) is 3.30. The van der Waals surface area contributed by atoms with Crippen LogP contribution in [-0.2, 0) is 11.3 Å². The van der Waals surface area contributed by atoms with E-state index in [1.165, 1.54) is 0 Å². The van der Waals surface area contributed by atoms with Crippen LogP contribution in [-0.4, -0.2) is 38.1 Å². The van der Waals surface area contributed by atoms with Crippen molar-refractivity contribution in [2.45, 2.75) is 13.5 Å². The molecule has 0 heterocycles. The Balaban J connectivity index is 1.92. The summed E-state index contributed by atoms with van der Waals surface area (Å²) < 4.78 is 6.73. The molecule has 2 aromatic carbocycles. The van der Waals surface area contributed by atoms with Gasteiger partial charge >= 0.3 is 0 Å². The van der Waals surface area contributed by atoms with Gasteiger partial charge < -0.3 is 14.5 Å². The topological polar surface area (TPSA) is 32.8 Å². The highest BCUT2D eigenvalue weighted by Gasteiger charge is 2.13. The molecule has 0 aliphatic heterocycles. The molecule has 0 fully saturated rings. The third kappa shape index (κ3) is 5.40. The fourth-order valence-electron chi connectivity index (χ4n) is 2.26. The second kappa shape index (κ2) is 8.92. The van der Waals surface area contributed by atoms with Crippen LogP contribution < -0.4 is 9.64 Å². The predicted molar refractivity (Wildman–Crippen MR) is 107 cm³/mol. The van der Waals surface area contributed by atoms with Crippen LogP contribution in [0.3, 0.4) is 0 Å². The van der Waals surface area contributed by atoms with Gasteiger partial charge in [-0.25, -0.2) is 0 Å². The van der Waals surface area contributed by atoms with Crippen LogP contribution in [0, 0.1) is 3.57 Å². The highest BCUT2D eigenvalue weighted by Crippen LogP contribution is 2.15. The van der Waals surface area contributed by atoms with Crippen molar-refractivity contribution in [1.82, 2.24) is 4.90 Å². The molecule has 2 aromatic rings. The van der Waals surface area contributed by atoms with Gasteiger partial charge in [0, 0.05) is 36.4 Å². The number of nitrogens with zero attached hydrogens (tertiary/aromatic N) is 2. The first-order chi connectivity index (χ1) is 11.5. The Morgan fingerprint density at radius 1 is 1.04 bits per heavy atom. The number of anilines is 1. The molecular formula is C19H23IN2O2. The van der Waals surface area contributed by atoms with Crippen LogP contribution in [0.4, 0.5) is 5.69 Å². The van der Waals surface area contributed by atoms with Gasteiger partial charge in [0.25, 0.3) is 5.91 Å². The molecule has 0 saturated heterocycles. The van der Waals surface area contributed by atoms with Gasteiger partial charge in [0.05, 0.1) is 0 Å². The lowest BCUT2D eigenvalue weighted by Gasteiger charge is -2.21. The largest absolute Gasteiger partial charge is 0.484 e. The first-order valence-corrected chi connectivity index (χ1v) is 9.00. The van der Waals surface area contributed by atoms with Gasteiger partial charge in [-0.05, 0) is 71.5 Å². The molecule has 5 heteroatoms. The van der Waals surface area contributed by atoms with Crippen molar-refractivity contribution in [3.8, 4) is 5.75 Å². The Kier molecular flexibility index (Phi) is 6.90. The molecule has 0 aliphatic rings. The molecule has 0 bridgehead atoms. The van der Waals surface area contributed by atoms with Crippen LogP contribution in [0.1, 0.15) is 12.5 Å². The lowest BCUT2D eigenvalue weighted by atomic mass is 10.2. The number of carbonyl (C=O) groups is 1. The van der Waals surface area contributed by atoms with E-state index in [-0.39, 0.29) is 12.5 Å². The number of rotatable bonds is 7. The average Bonchev–Trinajstić information content (AvgIpc) is 2.59. The van der Waals surface area contributed by atoms with Crippen LogP contribution >= 0.6 is 22.6 Å². The molecule has 4 nitrogen and oxygen atoms in total. The molecule has 0 saturated carbocycles. The van der Waals surface area contributed by atoms with Gasteiger partial charge in [-0.2, -0.15) is 0 Å². The molecule has 1 amide bonds. The van der Waals surface area contributed by atoms with Crippen molar-refractivity contribution in [2.24, 2.45) is 0 Å². The van der Waals surface area contributed by atoms with Crippen molar-refractivity contribution in [1.29, 1.82) is 0 Å². The first-order valence-electron chi connectivity index (χ1n) is 7.92. The minimum absolute atomic E-state index is 0.00673. The van der Waals surface area contributed by atoms with Crippen LogP contribution in [0.2, 0.25) is 0 Å². The quantitative estimate of drug-likeness (QED) is 0.617. The molecule has 2 rings (SSSR count). The van der Waals surface area contributed by atoms with Crippen molar-refractivity contribution < 1.29 is 9.53 Å². The molecule has 0 aliphatic carbocycles. The predicted octanol–water partition coefficient (Wildman–Crippen LogP) is 3.78. The van der Waals surface area contributed by atoms with E-state index in [0.29, 0.717) is 13.1 Å². The maximum absolute atomic E-state index is 12.4. The van der Waals surface area contributed by atoms with E-state index in [2.05, 4.69) is 51.8 Å². The van der Waals surface area contributed by atoms with Gasteiger partial charge in [-0.15, -0.1) is 0 Å². The third-order valence-electron chi connectivity index (χ3n) is 3.74. The summed E-state index contributed by atoms with van der Waals surface area (Å²) in [4.78, 5) is 16.2. The number of ether oxygens (including phenoxy) is 1. The van der Waals surface area contributed by atoms with Gasteiger partial charge in [-0.3, -0.25) is 4.79 Å². The highest BCUT2D eigenvalue weighted by molar-refractivity contribution is 14.1. The summed E-state index contributed by atoms with van der Waals surface area (Å²) in [5.74, 6) is 0.711. The van der Waals surface area contributed by atoms with Crippen LogP contribution in [0.15, 0.2) is 48.5 Å². The van der Waals surface area contributed by atoms with E-state index in [9.17, 15) is 4.79 Å². The average molecular weight is 438 g/mol. The van der Waals surface area contributed by atoms with Gasteiger partial charge in [-0.1, -0.05) is 12.1 Å². The van der Waals surface area contributed by atoms with E-state index >= 15 is 0 Å². The molecule has 0 unspecified atom stereocenters. The normalized spacial score (nSPS) is 10.3. The SMILES string of the molecule is CCN(Cc1ccc(N(C)C)cc1)C(=O)COc1ccc(I)cc1. The highest BCUT2D eigenvalue weighted by atomic mass is 127. The number of carbonyl (C=O) groups excluding carboxylic acids is 1. The fraction of sp³-hybridized carbons (Fsp3) is 0.316. The molecule has 24 heavy (non-hydrogen) atoms. The summed E-state index contributed by atoms with van der Waals surface area (Å²) >= 11 is 2.24. The maximum atomic E-state index is 12.4. The lowest BCUT2D eigenvalue weighted by Crippen LogP contribution is -2.34. The summed E-state index contributed by atoms with van der Waals surface area (Å²) in [7, 11) is 4.03. The van der Waals surface area contributed by atoms with Crippen LogP contribution in [0.5, 0.6) is 5.75 Å². The molecule has 0 atom stereocenters. The second-order valence-corrected chi connectivity index (χ2v) is 6.96. The Morgan fingerprint density at radius 3 is 2.21 bits per heavy atom. The molecule has 128 valence electrons. The van der Waals surface area contributed by atoms with Crippen molar-refractivity contribution in [2.75, 3.05) is 32.1 Å². The minimum atomic E-state index is -0.00673. The lowest BCUT2D eigenvalue weighted by molar-refractivity contribution is -0.133. The number of hydrogen-bond acceptors (Lipinski definition) is 3. The summed E-state index contributed by atoms with van der Waals surface area (Å²) in [5, 5.41) is 0. The third-order valence-corrected chi connectivity index (χ3v) is 4.46. The maximum Gasteiger partial charge on any atom is 0.260 e. The van der Waals surface area contributed by atoms with Crippen molar-refractivity contribution >= 4 is 34.2 Å². The zero-order chi connectivity index (χ0) is 17.5. The zero-order valence-corrected chi connectivity index (χ0v) is 16.5. The second-order valence-electron chi connectivity index (χ2n) is 5.71.